The molecule has 0 aliphatic carbocycles. The van der Waals surface area contributed by atoms with Crippen molar-refractivity contribution in [2.75, 3.05) is 13.2 Å². The molecule has 0 aliphatic rings. The van der Waals surface area contributed by atoms with Crippen molar-refractivity contribution in [3.63, 3.8) is 0 Å². The Morgan fingerprint density at radius 2 is 2.00 bits per heavy atom. The maximum Gasteiger partial charge on any atom is 0.407 e. The molecule has 3 N–H and O–H groups in total. The number of rotatable bonds is 5. The molecule has 1 unspecified atom stereocenters. The van der Waals surface area contributed by atoms with Crippen LogP contribution in [-0.4, -0.2) is 41.0 Å². The third-order valence-electron chi connectivity index (χ3n) is 1.59. The van der Waals surface area contributed by atoms with E-state index in [9.17, 15) is 14.7 Å². The SMILES string of the molecule is CC(C)COC(=O)NCC(C)(O)C(=O)O. The number of carbonyl (C=O) groups is 2. The monoisotopic (exact) mass is 219 g/mol. The van der Waals surface area contributed by atoms with E-state index in [0.29, 0.717) is 0 Å². The summed E-state index contributed by atoms with van der Waals surface area (Å²) in [4.78, 5) is 21.4. The van der Waals surface area contributed by atoms with Gasteiger partial charge in [0.25, 0.3) is 0 Å². The molecule has 1 amide bonds. The molecule has 0 aromatic heterocycles. The Bertz CT molecular complexity index is 237. The van der Waals surface area contributed by atoms with Gasteiger partial charge in [0.05, 0.1) is 13.2 Å². The van der Waals surface area contributed by atoms with Gasteiger partial charge in [0, 0.05) is 0 Å². The van der Waals surface area contributed by atoms with Gasteiger partial charge in [-0.05, 0) is 12.8 Å². The molecule has 0 bridgehead atoms. The molecule has 0 aromatic carbocycles. The highest BCUT2D eigenvalue weighted by molar-refractivity contribution is 5.78. The average Bonchev–Trinajstić information content (AvgIpc) is 2.11. The number of nitrogens with one attached hydrogen (secondary N) is 1. The molecule has 0 heterocycles. The van der Waals surface area contributed by atoms with Crippen molar-refractivity contribution in [2.24, 2.45) is 5.92 Å². The molecule has 6 heteroatoms. The zero-order valence-electron chi connectivity index (χ0n) is 9.11. The Labute approximate surface area is 88.2 Å². The molecule has 1 atom stereocenters. The number of hydrogen-bond acceptors (Lipinski definition) is 4. The van der Waals surface area contributed by atoms with Crippen LogP contribution in [0.25, 0.3) is 0 Å². The standard InChI is InChI=1S/C9H17NO5/c1-6(2)4-15-8(13)10-5-9(3,14)7(11)12/h6,14H,4-5H2,1-3H3,(H,10,13)(H,11,12). The minimum absolute atomic E-state index is 0.204. The first kappa shape index (κ1) is 13.7. The highest BCUT2D eigenvalue weighted by atomic mass is 16.5. The van der Waals surface area contributed by atoms with E-state index >= 15 is 0 Å². The Kier molecular flexibility index (Phi) is 5.07. The fourth-order valence-corrected chi connectivity index (χ4v) is 0.613. The number of carboxylic acids is 1. The second-order valence-electron chi connectivity index (χ2n) is 3.92. The van der Waals surface area contributed by atoms with Crippen molar-refractivity contribution in [1.29, 1.82) is 0 Å². The van der Waals surface area contributed by atoms with Gasteiger partial charge < -0.3 is 20.3 Å². The lowest BCUT2D eigenvalue weighted by Gasteiger charge is -2.18. The smallest absolute Gasteiger partial charge is 0.407 e. The summed E-state index contributed by atoms with van der Waals surface area (Å²) < 4.78 is 4.72. The van der Waals surface area contributed by atoms with E-state index in [1.807, 2.05) is 13.8 Å². The molecule has 0 aliphatic heterocycles. The lowest BCUT2D eigenvalue weighted by Crippen LogP contribution is -2.46. The van der Waals surface area contributed by atoms with Crippen LogP contribution < -0.4 is 5.32 Å². The average molecular weight is 219 g/mol. The minimum Gasteiger partial charge on any atom is -0.479 e. The van der Waals surface area contributed by atoms with Crippen molar-refractivity contribution in [1.82, 2.24) is 5.32 Å². The highest BCUT2D eigenvalue weighted by Crippen LogP contribution is 2.01. The number of aliphatic carboxylic acids is 1. The van der Waals surface area contributed by atoms with E-state index in [1.54, 1.807) is 0 Å². The molecule has 0 saturated heterocycles. The lowest BCUT2D eigenvalue weighted by atomic mass is 10.1. The van der Waals surface area contributed by atoms with Crippen LogP contribution >= 0.6 is 0 Å². The summed E-state index contributed by atoms with van der Waals surface area (Å²) in [6.45, 7) is 4.71. The molecular formula is C9H17NO5. The van der Waals surface area contributed by atoms with Gasteiger partial charge in [-0.2, -0.15) is 0 Å². The summed E-state index contributed by atoms with van der Waals surface area (Å²) in [5, 5.41) is 19.9. The van der Waals surface area contributed by atoms with Crippen LogP contribution in [-0.2, 0) is 9.53 Å². The fourth-order valence-electron chi connectivity index (χ4n) is 0.613. The number of aliphatic hydroxyl groups is 1. The van der Waals surface area contributed by atoms with Crippen LogP contribution in [0.4, 0.5) is 4.79 Å². The molecule has 0 saturated carbocycles. The number of amides is 1. The lowest BCUT2D eigenvalue weighted by molar-refractivity contribution is -0.155. The van der Waals surface area contributed by atoms with Crippen molar-refractivity contribution in [3.8, 4) is 0 Å². The van der Waals surface area contributed by atoms with Crippen LogP contribution in [0, 0.1) is 5.92 Å². The quantitative estimate of drug-likeness (QED) is 0.614. The maximum atomic E-state index is 11.0. The van der Waals surface area contributed by atoms with Gasteiger partial charge >= 0.3 is 12.1 Å². The Morgan fingerprint density at radius 1 is 1.47 bits per heavy atom. The summed E-state index contributed by atoms with van der Waals surface area (Å²) in [7, 11) is 0. The number of hydrogen-bond donors (Lipinski definition) is 3. The third kappa shape index (κ3) is 5.90. The van der Waals surface area contributed by atoms with Gasteiger partial charge in [-0.15, -0.1) is 0 Å². The largest absolute Gasteiger partial charge is 0.479 e. The second-order valence-corrected chi connectivity index (χ2v) is 3.92. The predicted octanol–water partition coefficient (Wildman–Crippen LogP) is 0.204. The van der Waals surface area contributed by atoms with Gasteiger partial charge in [0.15, 0.2) is 5.60 Å². The van der Waals surface area contributed by atoms with Crippen LogP contribution in [0.15, 0.2) is 0 Å². The Balaban J connectivity index is 3.85. The van der Waals surface area contributed by atoms with E-state index in [2.05, 4.69) is 5.32 Å². The van der Waals surface area contributed by atoms with E-state index in [0.717, 1.165) is 6.92 Å². The molecule has 88 valence electrons. The first-order valence-electron chi connectivity index (χ1n) is 4.62. The predicted molar refractivity (Wildman–Crippen MR) is 52.4 cm³/mol. The van der Waals surface area contributed by atoms with Gasteiger partial charge in [-0.1, -0.05) is 13.8 Å². The highest BCUT2D eigenvalue weighted by Gasteiger charge is 2.30. The van der Waals surface area contributed by atoms with Crippen molar-refractivity contribution in [3.05, 3.63) is 0 Å². The van der Waals surface area contributed by atoms with Gasteiger partial charge in [-0.25, -0.2) is 9.59 Å². The number of ether oxygens (including phenoxy) is 1. The number of carboxylic acid groups (broad SMARTS) is 1. The number of alkyl carbamates (subject to hydrolysis) is 1. The molecule has 15 heavy (non-hydrogen) atoms. The van der Waals surface area contributed by atoms with Crippen molar-refractivity contribution < 1.29 is 24.5 Å². The van der Waals surface area contributed by atoms with Crippen molar-refractivity contribution in [2.45, 2.75) is 26.4 Å². The fraction of sp³-hybridized carbons (Fsp3) is 0.778. The van der Waals surface area contributed by atoms with E-state index in [-0.39, 0.29) is 19.1 Å². The molecule has 0 aromatic rings. The second kappa shape index (κ2) is 5.55. The first-order chi connectivity index (χ1) is 6.75. The van der Waals surface area contributed by atoms with E-state index < -0.39 is 17.7 Å². The molecule has 0 spiro atoms. The zero-order valence-corrected chi connectivity index (χ0v) is 9.11. The maximum absolute atomic E-state index is 11.0. The topological polar surface area (TPSA) is 95.9 Å². The van der Waals surface area contributed by atoms with Gasteiger partial charge in [-0.3, -0.25) is 0 Å². The number of carbonyl (C=O) groups excluding carboxylic acids is 1. The normalized spacial score (nSPS) is 14.5. The molecule has 6 nitrogen and oxygen atoms in total. The van der Waals surface area contributed by atoms with Crippen molar-refractivity contribution >= 4 is 12.1 Å². The van der Waals surface area contributed by atoms with Gasteiger partial charge in [0.2, 0.25) is 0 Å². The Morgan fingerprint density at radius 3 is 2.40 bits per heavy atom. The minimum atomic E-state index is -1.98. The molecular weight excluding hydrogens is 202 g/mol. The van der Waals surface area contributed by atoms with Crippen LogP contribution in [0.3, 0.4) is 0 Å². The van der Waals surface area contributed by atoms with Gasteiger partial charge in [0.1, 0.15) is 0 Å². The van der Waals surface area contributed by atoms with E-state index in [1.165, 1.54) is 0 Å². The van der Waals surface area contributed by atoms with Crippen LogP contribution in [0.1, 0.15) is 20.8 Å². The molecule has 0 fully saturated rings. The first-order valence-corrected chi connectivity index (χ1v) is 4.62. The molecule has 0 radical (unpaired) electrons. The summed E-state index contributed by atoms with van der Waals surface area (Å²) in [5.41, 5.74) is -1.98. The zero-order chi connectivity index (χ0) is 12.1. The summed E-state index contributed by atoms with van der Waals surface area (Å²) in [6.07, 6.45) is -0.731. The van der Waals surface area contributed by atoms with Crippen LogP contribution in [0.2, 0.25) is 0 Å². The third-order valence-corrected chi connectivity index (χ3v) is 1.59. The summed E-state index contributed by atoms with van der Waals surface area (Å²) >= 11 is 0. The van der Waals surface area contributed by atoms with E-state index in [4.69, 9.17) is 9.84 Å². The summed E-state index contributed by atoms with van der Waals surface area (Å²) in [5.74, 6) is -1.19. The Hall–Kier alpha value is -1.30. The summed E-state index contributed by atoms with van der Waals surface area (Å²) in [6, 6.07) is 0. The molecule has 0 rings (SSSR count). The van der Waals surface area contributed by atoms with Crippen LogP contribution in [0.5, 0.6) is 0 Å².